The number of aliphatic hydroxyl groups is 1. The highest BCUT2D eigenvalue weighted by molar-refractivity contribution is 5.89. The Morgan fingerprint density at radius 3 is 2.76 bits per heavy atom. The van der Waals surface area contributed by atoms with E-state index in [2.05, 4.69) is 9.97 Å². The molecule has 0 saturated carbocycles. The molecule has 0 aliphatic carbocycles. The fourth-order valence-corrected chi connectivity index (χ4v) is 2.60. The quantitative estimate of drug-likeness (QED) is 0.689. The molecule has 3 aromatic rings. The number of benzene rings is 2. The van der Waals surface area contributed by atoms with Crippen LogP contribution in [0.5, 0.6) is 0 Å². The number of rotatable bonds is 3. The summed E-state index contributed by atoms with van der Waals surface area (Å²) in [6.45, 7) is 1.89. The molecule has 1 unspecified atom stereocenters. The summed E-state index contributed by atoms with van der Waals surface area (Å²) in [5.74, 6) is -1.16. The first-order chi connectivity index (χ1) is 10.1. The number of aromatic amines is 1. The molecule has 1 heterocycles. The van der Waals surface area contributed by atoms with Crippen molar-refractivity contribution in [3.05, 3.63) is 65.2 Å². The molecular weight excluding hydrogens is 268 g/mol. The van der Waals surface area contributed by atoms with E-state index in [9.17, 15) is 9.90 Å². The van der Waals surface area contributed by atoms with E-state index in [0.717, 1.165) is 16.3 Å². The molecule has 3 rings (SSSR count). The van der Waals surface area contributed by atoms with Crippen LogP contribution in [0.4, 0.5) is 0 Å². The average Bonchev–Trinajstić information content (AvgIpc) is 2.96. The van der Waals surface area contributed by atoms with Crippen molar-refractivity contribution in [2.75, 3.05) is 0 Å². The highest BCUT2D eigenvalue weighted by atomic mass is 16.4. The van der Waals surface area contributed by atoms with Crippen LogP contribution in [0.3, 0.4) is 0 Å². The lowest BCUT2D eigenvalue weighted by Crippen LogP contribution is -2.09. The minimum Gasteiger partial charge on any atom is -0.476 e. The molecule has 21 heavy (non-hydrogen) atoms. The van der Waals surface area contributed by atoms with Gasteiger partial charge in [-0.2, -0.15) is 0 Å². The van der Waals surface area contributed by atoms with Gasteiger partial charge in [-0.05, 0) is 28.8 Å². The van der Waals surface area contributed by atoms with Gasteiger partial charge in [0.25, 0.3) is 0 Å². The third-order valence-corrected chi connectivity index (χ3v) is 3.61. The monoisotopic (exact) mass is 282 g/mol. The van der Waals surface area contributed by atoms with Gasteiger partial charge in [0.1, 0.15) is 6.10 Å². The van der Waals surface area contributed by atoms with Crippen LogP contribution >= 0.6 is 0 Å². The van der Waals surface area contributed by atoms with Crippen LogP contribution in [0, 0.1) is 6.92 Å². The summed E-state index contributed by atoms with van der Waals surface area (Å²) in [7, 11) is 0. The molecule has 0 bridgehead atoms. The molecule has 0 aliphatic heterocycles. The molecule has 5 nitrogen and oxygen atoms in total. The molecule has 0 fully saturated rings. The third kappa shape index (κ3) is 2.17. The minimum atomic E-state index is -1.16. The Bertz CT molecular complexity index is 823. The number of nitrogens with one attached hydrogen (secondary N) is 1. The Balaban J connectivity index is 2.22. The first-order valence-electron chi connectivity index (χ1n) is 6.52. The number of imidazole rings is 1. The Hall–Kier alpha value is -2.66. The number of aliphatic hydroxyl groups excluding tert-OH is 1. The Morgan fingerprint density at radius 1 is 1.24 bits per heavy atom. The van der Waals surface area contributed by atoms with Gasteiger partial charge in [-0.1, -0.05) is 36.4 Å². The number of carbonyl (C=O) groups is 1. The van der Waals surface area contributed by atoms with Crippen molar-refractivity contribution in [3.63, 3.8) is 0 Å². The average molecular weight is 282 g/mol. The lowest BCUT2D eigenvalue weighted by Gasteiger charge is -2.16. The summed E-state index contributed by atoms with van der Waals surface area (Å²) in [5.41, 5.74) is 1.63. The minimum absolute atomic E-state index is 0.158. The lowest BCUT2D eigenvalue weighted by atomic mass is 9.93. The number of nitrogens with zero attached hydrogens (tertiary/aromatic N) is 1. The van der Waals surface area contributed by atoms with Gasteiger partial charge >= 0.3 is 5.97 Å². The standard InChI is InChI=1S/C16H14N2O3/c1-9-6-7-10-4-2-3-5-11(10)12(9)15(19)13-14(16(20)21)18-8-17-13/h2-8,15,19H,1H3,(H,17,18)(H,20,21). The number of hydrogen-bond acceptors (Lipinski definition) is 3. The van der Waals surface area contributed by atoms with Crippen LogP contribution in [0.1, 0.15) is 33.4 Å². The molecule has 0 saturated heterocycles. The van der Waals surface area contributed by atoms with Crippen LogP contribution in [-0.2, 0) is 0 Å². The third-order valence-electron chi connectivity index (χ3n) is 3.61. The summed E-state index contributed by atoms with van der Waals surface area (Å²) >= 11 is 0. The van der Waals surface area contributed by atoms with Crippen molar-refractivity contribution < 1.29 is 15.0 Å². The summed E-state index contributed by atoms with van der Waals surface area (Å²) in [6.07, 6.45) is 0.215. The summed E-state index contributed by atoms with van der Waals surface area (Å²) in [5, 5.41) is 21.7. The van der Waals surface area contributed by atoms with Crippen LogP contribution in [-0.4, -0.2) is 26.2 Å². The van der Waals surface area contributed by atoms with E-state index in [-0.39, 0.29) is 11.4 Å². The number of carboxylic acids is 1. The van der Waals surface area contributed by atoms with Gasteiger partial charge in [0.15, 0.2) is 5.69 Å². The summed E-state index contributed by atoms with van der Waals surface area (Å²) in [4.78, 5) is 17.7. The largest absolute Gasteiger partial charge is 0.476 e. The van der Waals surface area contributed by atoms with E-state index < -0.39 is 12.1 Å². The normalized spacial score (nSPS) is 12.5. The molecule has 1 aromatic heterocycles. The van der Waals surface area contributed by atoms with E-state index in [0.29, 0.717) is 5.56 Å². The Morgan fingerprint density at radius 2 is 2.00 bits per heavy atom. The molecule has 3 N–H and O–H groups in total. The summed E-state index contributed by atoms with van der Waals surface area (Å²) < 4.78 is 0. The molecule has 1 atom stereocenters. The van der Waals surface area contributed by atoms with E-state index in [1.807, 2.05) is 43.3 Å². The van der Waals surface area contributed by atoms with Gasteiger partial charge in [-0.15, -0.1) is 0 Å². The zero-order valence-corrected chi connectivity index (χ0v) is 11.4. The number of aryl methyl sites for hydroxylation is 1. The number of carboxylic acid groups (broad SMARTS) is 1. The predicted molar refractivity (Wildman–Crippen MR) is 78.3 cm³/mol. The van der Waals surface area contributed by atoms with Gasteiger partial charge in [0.2, 0.25) is 0 Å². The van der Waals surface area contributed by atoms with E-state index in [1.54, 1.807) is 0 Å². The second-order valence-electron chi connectivity index (χ2n) is 4.89. The second kappa shape index (κ2) is 5.03. The molecule has 0 aliphatic rings. The zero-order chi connectivity index (χ0) is 15.0. The van der Waals surface area contributed by atoms with Crippen molar-refractivity contribution in [1.29, 1.82) is 0 Å². The SMILES string of the molecule is Cc1ccc2ccccc2c1C(O)c1[nH]cnc1C(=O)O. The fraction of sp³-hybridized carbons (Fsp3) is 0.125. The van der Waals surface area contributed by atoms with Gasteiger partial charge in [0.05, 0.1) is 12.0 Å². The van der Waals surface area contributed by atoms with Crippen molar-refractivity contribution in [1.82, 2.24) is 9.97 Å². The molecule has 106 valence electrons. The number of hydrogen-bond donors (Lipinski definition) is 3. The molecule has 5 heteroatoms. The lowest BCUT2D eigenvalue weighted by molar-refractivity contribution is 0.0685. The van der Waals surface area contributed by atoms with Crippen molar-refractivity contribution in [3.8, 4) is 0 Å². The summed E-state index contributed by atoms with van der Waals surface area (Å²) in [6, 6.07) is 11.6. The Kier molecular flexibility index (Phi) is 3.19. The van der Waals surface area contributed by atoms with Gasteiger partial charge < -0.3 is 15.2 Å². The number of H-pyrrole nitrogens is 1. The predicted octanol–water partition coefficient (Wildman–Crippen LogP) is 2.65. The van der Waals surface area contributed by atoms with Gasteiger partial charge in [-0.3, -0.25) is 0 Å². The van der Waals surface area contributed by atoms with Crippen molar-refractivity contribution >= 4 is 16.7 Å². The number of fused-ring (bicyclic) bond motifs is 1. The van der Waals surface area contributed by atoms with E-state index in [4.69, 9.17) is 5.11 Å². The van der Waals surface area contributed by atoms with Crippen molar-refractivity contribution in [2.45, 2.75) is 13.0 Å². The molecule has 0 amide bonds. The Labute approximate surface area is 120 Å². The van der Waals surface area contributed by atoms with E-state index in [1.165, 1.54) is 6.33 Å². The maximum atomic E-state index is 11.2. The topological polar surface area (TPSA) is 86.2 Å². The smallest absolute Gasteiger partial charge is 0.356 e. The first kappa shape index (κ1) is 13.3. The number of aromatic nitrogens is 2. The molecule has 0 radical (unpaired) electrons. The first-order valence-corrected chi connectivity index (χ1v) is 6.52. The van der Waals surface area contributed by atoms with Crippen molar-refractivity contribution in [2.24, 2.45) is 0 Å². The maximum Gasteiger partial charge on any atom is 0.356 e. The van der Waals surface area contributed by atoms with Crippen LogP contribution < -0.4 is 0 Å². The molecule has 0 spiro atoms. The van der Waals surface area contributed by atoms with Crippen LogP contribution in [0.2, 0.25) is 0 Å². The molecule has 2 aromatic carbocycles. The van der Waals surface area contributed by atoms with Gasteiger partial charge in [-0.25, -0.2) is 9.78 Å². The van der Waals surface area contributed by atoms with Crippen LogP contribution in [0.25, 0.3) is 10.8 Å². The zero-order valence-electron chi connectivity index (χ0n) is 11.4. The highest BCUT2D eigenvalue weighted by Crippen LogP contribution is 2.32. The highest BCUT2D eigenvalue weighted by Gasteiger charge is 2.24. The fourth-order valence-electron chi connectivity index (χ4n) is 2.60. The van der Waals surface area contributed by atoms with E-state index >= 15 is 0 Å². The maximum absolute atomic E-state index is 11.2. The van der Waals surface area contributed by atoms with Crippen LogP contribution in [0.15, 0.2) is 42.7 Å². The van der Waals surface area contributed by atoms with Gasteiger partial charge in [0, 0.05) is 0 Å². The molecular formula is C16H14N2O3. The second-order valence-corrected chi connectivity index (χ2v) is 4.89. The number of aromatic carboxylic acids is 1.